The molecule has 2 aromatic heterocycles. The van der Waals surface area contributed by atoms with Crippen LogP contribution in [0.5, 0.6) is 5.75 Å². The number of hydrogen-bond donors (Lipinski definition) is 1. The summed E-state index contributed by atoms with van der Waals surface area (Å²) in [6.45, 7) is 10.3. The Labute approximate surface area is 173 Å². The number of benzene rings is 1. The second-order valence-electron chi connectivity index (χ2n) is 8.03. The third-order valence-electron chi connectivity index (χ3n) is 4.36. The van der Waals surface area contributed by atoms with Crippen molar-refractivity contribution in [3.63, 3.8) is 0 Å². The van der Waals surface area contributed by atoms with Gasteiger partial charge in [0.15, 0.2) is 10.8 Å². The zero-order chi connectivity index (χ0) is 21.3. The van der Waals surface area contributed by atoms with Crippen LogP contribution in [0.4, 0.5) is 9.52 Å². The van der Waals surface area contributed by atoms with E-state index in [4.69, 9.17) is 4.74 Å². The van der Waals surface area contributed by atoms with Crippen molar-refractivity contribution in [2.24, 2.45) is 0 Å². The molecule has 1 aromatic carbocycles. The van der Waals surface area contributed by atoms with Gasteiger partial charge < -0.3 is 4.74 Å². The molecule has 154 valence electrons. The quantitative estimate of drug-likeness (QED) is 0.614. The van der Waals surface area contributed by atoms with Gasteiger partial charge in [0, 0.05) is 16.6 Å². The molecule has 0 saturated heterocycles. The van der Waals surface area contributed by atoms with E-state index in [2.05, 4.69) is 29.2 Å². The Morgan fingerprint density at radius 2 is 2.00 bits per heavy atom. The highest BCUT2D eigenvalue weighted by atomic mass is 32.1. The summed E-state index contributed by atoms with van der Waals surface area (Å²) < 4.78 is 20.8. The average molecular weight is 417 g/mol. The summed E-state index contributed by atoms with van der Waals surface area (Å²) in [5.74, 6) is 0.0329. The number of carbonyl (C=O) groups excluding carboxylic acids is 1. The van der Waals surface area contributed by atoms with Gasteiger partial charge in [-0.05, 0) is 51.0 Å². The van der Waals surface area contributed by atoms with Crippen LogP contribution in [-0.2, 0) is 5.54 Å². The van der Waals surface area contributed by atoms with Crippen LogP contribution in [-0.4, -0.2) is 27.8 Å². The van der Waals surface area contributed by atoms with E-state index in [-0.39, 0.29) is 23.2 Å². The number of methoxy groups -OCH3 is 1. The fourth-order valence-electron chi connectivity index (χ4n) is 2.95. The molecule has 0 radical (unpaired) electrons. The van der Waals surface area contributed by atoms with E-state index in [1.165, 1.54) is 30.6 Å². The Morgan fingerprint density at radius 1 is 1.28 bits per heavy atom. The maximum Gasteiger partial charge on any atom is 0.277 e. The molecule has 6 nitrogen and oxygen atoms in total. The van der Waals surface area contributed by atoms with Crippen molar-refractivity contribution in [3.8, 4) is 17.0 Å². The molecule has 29 heavy (non-hydrogen) atoms. The number of hydrogen-bond acceptors (Lipinski definition) is 5. The number of amides is 1. The second kappa shape index (κ2) is 7.94. The highest BCUT2D eigenvalue weighted by molar-refractivity contribution is 7.14. The lowest BCUT2D eigenvalue weighted by Crippen LogP contribution is -2.26. The van der Waals surface area contributed by atoms with E-state index in [9.17, 15) is 9.18 Å². The predicted octanol–water partition coefficient (Wildman–Crippen LogP) is 5.29. The summed E-state index contributed by atoms with van der Waals surface area (Å²) in [7, 11) is 1.52. The maximum atomic E-state index is 13.6. The summed E-state index contributed by atoms with van der Waals surface area (Å²) >= 11 is 1.26. The predicted molar refractivity (Wildman–Crippen MR) is 113 cm³/mol. The monoisotopic (exact) mass is 416 g/mol. The highest BCUT2D eigenvalue weighted by Crippen LogP contribution is 2.33. The third-order valence-corrected chi connectivity index (χ3v) is 5.12. The lowest BCUT2D eigenvalue weighted by atomic mass is 10.1. The number of anilines is 1. The normalized spacial score (nSPS) is 11.7. The van der Waals surface area contributed by atoms with Crippen molar-refractivity contribution in [2.45, 2.75) is 46.1 Å². The van der Waals surface area contributed by atoms with E-state index < -0.39 is 0 Å². The van der Waals surface area contributed by atoms with Crippen LogP contribution < -0.4 is 10.1 Å². The minimum absolute atomic E-state index is 0.232. The van der Waals surface area contributed by atoms with Crippen LogP contribution >= 0.6 is 11.3 Å². The molecule has 0 aliphatic rings. The fraction of sp³-hybridized carbons (Fsp3) is 0.381. The molecule has 3 rings (SSSR count). The van der Waals surface area contributed by atoms with Gasteiger partial charge in [-0.15, -0.1) is 11.3 Å². The molecule has 1 N–H and O–H groups in total. The molecule has 0 aliphatic carbocycles. The Balaban J connectivity index is 1.86. The molecule has 0 unspecified atom stereocenters. The Hall–Kier alpha value is -2.74. The Kier molecular flexibility index (Phi) is 5.75. The van der Waals surface area contributed by atoms with Crippen molar-refractivity contribution < 1.29 is 13.9 Å². The molecule has 0 spiro atoms. The number of halogens is 1. The first-order valence-electron chi connectivity index (χ1n) is 9.31. The van der Waals surface area contributed by atoms with Gasteiger partial charge in [-0.25, -0.2) is 9.37 Å². The average Bonchev–Trinajstić information content (AvgIpc) is 3.28. The number of nitrogens with zero attached hydrogens (tertiary/aromatic N) is 3. The van der Waals surface area contributed by atoms with Gasteiger partial charge in [-0.2, -0.15) is 5.10 Å². The molecule has 0 saturated carbocycles. The van der Waals surface area contributed by atoms with Crippen LogP contribution in [0.3, 0.4) is 0 Å². The van der Waals surface area contributed by atoms with Crippen LogP contribution in [0, 0.1) is 5.82 Å². The van der Waals surface area contributed by atoms with Gasteiger partial charge in [-0.3, -0.25) is 14.8 Å². The second-order valence-corrected chi connectivity index (χ2v) is 8.89. The van der Waals surface area contributed by atoms with E-state index in [1.54, 1.807) is 11.4 Å². The molecule has 0 bridgehead atoms. The van der Waals surface area contributed by atoms with Crippen LogP contribution in [0.2, 0.25) is 0 Å². The van der Waals surface area contributed by atoms with Crippen molar-refractivity contribution in [2.75, 3.05) is 12.4 Å². The van der Waals surface area contributed by atoms with Crippen molar-refractivity contribution in [3.05, 3.63) is 46.9 Å². The molecule has 3 aromatic rings. The number of nitrogens with one attached hydrogen (secondary N) is 1. The van der Waals surface area contributed by atoms with Gasteiger partial charge in [0.25, 0.3) is 5.91 Å². The summed E-state index contributed by atoms with van der Waals surface area (Å²) in [4.78, 5) is 17.2. The summed E-state index contributed by atoms with van der Waals surface area (Å²) in [5.41, 5.74) is 2.16. The molecule has 0 aliphatic heterocycles. The van der Waals surface area contributed by atoms with Gasteiger partial charge in [0.2, 0.25) is 0 Å². The lowest BCUT2D eigenvalue weighted by Gasteiger charge is -2.23. The SMILES string of the molecule is COc1ccc(F)cc1-c1csc(NC(=O)c2cc(C(C)C)n(C(C)(C)C)n2)n1. The first-order valence-corrected chi connectivity index (χ1v) is 10.2. The Bertz CT molecular complexity index is 1030. The van der Waals surface area contributed by atoms with E-state index in [1.807, 2.05) is 31.5 Å². The molecule has 2 heterocycles. The van der Waals surface area contributed by atoms with E-state index in [0.29, 0.717) is 27.8 Å². The topological polar surface area (TPSA) is 69.0 Å². The van der Waals surface area contributed by atoms with Crippen molar-refractivity contribution in [1.29, 1.82) is 0 Å². The van der Waals surface area contributed by atoms with Crippen molar-refractivity contribution >= 4 is 22.4 Å². The minimum Gasteiger partial charge on any atom is -0.496 e. The Morgan fingerprint density at radius 3 is 2.59 bits per heavy atom. The first kappa shape index (κ1) is 21.0. The number of ether oxygens (including phenoxy) is 1. The third kappa shape index (κ3) is 4.48. The lowest BCUT2D eigenvalue weighted by molar-refractivity contribution is 0.102. The molecular formula is C21H25FN4O2S. The van der Waals surface area contributed by atoms with Crippen molar-refractivity contribution in [1.82, 2.24) is 14.8 Å². The maximum absolute atomic E-state index is 13.6. The summed E-state index contributed by atoms with van der Waals surface area (Å²) in [6.07, 6.45) is 0. The molecule has 8 heteroatoms. The van der Waals surface area contributed by atoms with E-state index >= 15 is 0 Å². The van der Waals surface area contributed by atoms with Gasteiger partial charge >= 0.3 is 0 Å². The molecule has 0 fully saturated rings. The highest BCUT2D eigenvalue weighted by Gasteiger charge is 2.24. The standard InChI is InChI=1S/C21H25FN4O2S/c1-12(2)17-10-15(25-26(17)21(3,4)5)19(27)24-20-23-16(11-29-20)14-9-13(22)7-8-18(14)28-6/h7-12H,1-6H3,(H,23,24,27). The number of carbonyl (C=O) groups is 1. The summed E-state index contributed by atoms with van der Waals surface area (Å²) in [6, 6.07) is 6.05. The number of thiazole rings is 1. The number of aromatic nitrogens is 3. The van der Waals surface area contributed by atoms with Crippen LogP contribution in [0.1, 0.15) is 56.7 Å². The van der Waals surface area contributed by atoms with Gasteiger partial charge in [0.05, 0.1) is 18.3 Å². The summed E-state index contributed by atoms with van der Waals surface area (Å²) in [5, 5.41) is 9.46. The largest absolute Gasteiger partial charge is 0.496 e. The molecule has 1 amide bonds. The zero-order valence-corrected chi connectivity index (χ0v) is 18.2. The first-order chi connectivity index (χ1) is 13.6. The minimum atomic E-state index is -0.381. The molecule has 0 atom stereocenters. The van der Waals surface area contributed by atoms with Gasteiger partial charge in [-0.1, -0.05) is 13.8 Å². The molecular weight excluding hydrogens is 391 g/mol. The fourth-order valence-corrected chi connectivity index (χ4v) is 3.66. The van der Waals surface area contributed by atoms with Gasteiger partial charge in [0.1, 0.15) is 11.6 Å². The van der Waals surface area contributed by atoms with Crippen LogP contribution in [0.15, 0.2) is 29.6 Å². The number of rotatable bonds is 5. The zero-order valence-electron chi connectivity index (χ0n) is 17.4. The smallest absolute Gasteiger partial charge is 0.277 e. The van der Waals surface area contributed by atoms with Crippen LogP contribution in [0.25, 0.3) is 11.3 Å². The van der Waals surface area contributed by atoms with E-state index in [0.717, 1.165) is 5.69 Å².